The van der Waals surface area contributed by atoms with E-state index >= 15 is 0 Å². The van der Waals surface area contributed by atoms with E-state index in [0.717, 1.165) is 24.5 Å². The highest BCUT2D eigenvalue weighted by Crippen LogP contribution is 2.31. The van der Waals surface area contributed by atoms with Gasteiger partial charge in [-0.05, 0) is 32.2 Å². The summed E-state index contributed by atoms with van der Waals surface area (Å²) in [5.74, 6) is 2.66. The highest BCUT2D eigenvalue weighted by Gasteiger charge is 2.22. The van der Waals surface area contributed by atoms with E-state index in [1.807, 2.05) is 7.05 Å². The van der Waals surface area contributed by atoms with Gasteiger partial charge in [-0.2, -0.15) is 0 Å². The molecule has 0 aromatic carbocycles. The van der Waals surface area contributed by atoms with E-state index in [1.165, 1.54) is 23.4 Å². The van der Waals surface area contributed by atoms with Gasteiger partial charge < -0.3 is 10.2 Å². The fourth-order valence-electron chi connectivity index (χ4n) is 2.25. The second-order valence-electron chi connectivity index (χ2n) is 4.82. The van der Waals surface area contributed by atoms with E-state index in [9.17, 15) is 0 Å². The van der Waals surface area contributed by atoms with Crippen molar-refractivity contribution in [3.63, 3.8) is 0 Å². The second-order valence-corrected chi connectivity index (χ2v) is 5.88. The lowest BCUT2D eigenvalue weighted by atomic mass is 9.98. The number of hydrogen-bond acceptors (Lipinski definition) is 4. The first-order valence-electron chi connectivity index (χ1n) is 6.61. The molecule has 0 amide bonds. The molecular formula is C14H21N3S. The molecule has 4 heteroatoms. The average molecular weight is 263 g/mol. The van der Waals surface area contributed by atoms with Crippen LogP contribution in [-0.4, -0.2) is 31.2 Å². The van der Waals surface area contributed by atoms with Crippen molar-refractivity contribution in [2.45, 2.75) is 38.6 Å². The van der Waals surface area contributed by atoms with Gasteiger partial charge in [0.25, 0.3) is 0 Å². The number of hydrogen-bond donors (Lipinski definition) is 1. The predicted octanol–water partition coefficient (Wildman–Crippen LogP) is 2.07. The van der Waals surface area contributed by atoms with E-state index < -0.39 is 0 Å². The van der Waals surface area contributed by atoms with Gasteiger partial charge in [0, 0.05) is 18.0 Å². The van der Waals surface area contributed by atoms with Crippen LogP contribution in [0.3, 0.4) is 0 Å². The minimum absolute atomic E-state index is 0.628. The number of nitrogens with zero attached hydrogens (tertiary/aromatic N) is 2. The summed E-state index contributed by atoms with van der Waals surface area (Å²) in [6, 6.07) is 0.628. The SMILES string of the molecule is C#CCN(C)c1nc2c(s1)CC(NCCC)CC2. The number of thiazole rings is 1. The number of aryl methyl sites for hydroxylation is 1. The molecular weight excluding hydrogens is 242 g/mol. The van der Waals surface area contributed by atoms with Gasteiger partial charge in [0.05, 0.1) is 12.2 Å². The highest BCUT2D eigenvalue weighted by molar-refractivity contribution is 7.15. The molecule has 3 nitrogen and oxygen atoms in total. The Morgan fingerprint density at radius 3 is 3.17 bits per heavy atom. The molecule has 1 atom stereocenters. The molecule has 0 radical (unpaired) electrons. The standard InChI is InChI=1S/C14H21N3S/c1-4-8-15-11-6-7-12-13(10-11)18-14(16-12)17(3)9-5-2/h2,11,15H,4,6-10H2,1,3H3. The third kappa shape index (κ3) is 3.04. The zero-order valence-corrected chi connectivity index (χ0v) is 12.0. The van der Waals surface area contributed by atoms with E-state index in [4.69, 9.17) is 11.4 Å². The van der Waals surface area contributed by atoms with Gasteiger partial charge in [-0.3, -0.25) is 0 Å². The summed E-state index contributed by atoms with van der Waals surface area (Å²) in [5.41, 5.74) is 1.29. The third-order valence-electron chi connectivity index (χ3n) is 3.27. The number of nitrogens with one attached hydrogen (secondary N) is 1. The van der Waals surface area contributed by atoms with Crippen LogP contribution >= 0.6 is 11.3 Å². The Kier molecular flexibility index (Phi) is 4.62. The molecule has 1 N–H and O–H groups in total. The van der Waals surface area contributed by atoms with Gasteiger partial charge in [-0.15, -0.1) is 17.8 Å². The zero-order valence-electron chi connectivity index (χ0n) is 11.2. The minimum atomic E-state index is 0.628. The molecule has 1 aromatic rings. The molecule has 0 saturated heterocycles. The Bertz CT molecular complexity index is 433. The molecule has 0 bridgehead atoms. The summed E-state index contributed by atoms with van der Waals surface area (Å²) >= 11 is 1.80. The molecule has 1 aliphatic rings. The molecule has 1 aliphatic carbocycles. The molecule has 1 heterocycles. The smallest absolute Gasteiger partial charge is 0.186 e. The highest BCUT2D eigenvalue weighted by atomic mass is 32.1. The zero-order chi connectivity index (χ0) is 13.0. The minimum Gasteiger partial charge on any atom is -0.340 e. The van der Waals surface area contributed by atoms with Gasteiger partial charge in [-0.25, -0.2) is 4.98 Å². The number of fused-ring (bicyclic) bond motifs is 1. The molecule has 1 aromatic heterocycles. The van der Waals surface area contributed by atoms with Crippen LogP contribution < -0.4 is 10.2 Å². The molecule has 18 heavy (non-hydrogen) atoms. The van der Waals surface area contributed by atoms with E-state index in [1.54, 1.807) is 11.3 Å². The summed E-state index contributed by atoms with van der Waals surface area (Å²) in [6.45, 7) is 3.95. The normalized spacial score (nSPS) is 18.2. The third-order valence-corrected chi connectivity index (χ3v) is 4.50. The van der Waals surface area contributed by atoms with Crippen molar-refractivity contribution in [3.8, 4) is 12.3 Å². The average Bonchev–Trinajstić information content (AvgIpc) is 2.79. The first kappa shape index (κ1) is 13.4. The van der Waals surface area contributed by atoms with Crippen molar-refractivity contribution < 1.29 is 0 Å². The Hall–Kier alpha value is -1.05. The van der Waals surface area contributed by atoms with Crippen LogP contribution in [0.2, 0.25) is 0 Å². The lowest BCUT2D eigenvalue weighted by molar-refractivity contribution is 0.459. The number of terminal acetylenes is 1. The van der Waals surface area contributed by atoms with Gasteiger partial charge in [-0.1, -0.05) is 12.8 Å². The summed E-state index contributed by atoms with van der Waals surface area (Å²) in [5, 5.41) is 4.67. The number of aromatic nitrogens is 1. The fourth-order valence-corrected chi connectivity index (χ4v) is 3.40. The van der Waals surface area contributed by atoms with E-state index in [0.29, 0.717) is 12.6 Å². The van der Waals surface area contributed by atoms with Gasteiger partial charge in [0.1, 0.15) is 0 Å². The maximum Gasteiger partial charge on any atom is 0.186 e. The summed E-state index contributed by atoms with van der Waals surface area (Å²) in [6.07, 6.45) is 9.96. The largest absolute Gasteiger partial charge is 0.340 e. The van der Waals surface area contributed by atoms with Crippen LogP contribution in [0.4, 0.5) is 5.13 Å². The summed E-state index contributed by atoms with van der Waals surface area (Å²) < 4.78 is 0. The maximum absolute atomic E-state index is 5.34. The molecule has 1 unspecified atom stereocenters. The van der Waals surface area contributed by atoms with E-state index in [2.05, 4.69) is 23.1 Å². The predicted molar refractivity (Wildman–Crippen MR) is 78.3 cm³/mol. The quantitative estimate of drug-likeness (QED) is 0.824. The van der Waals surface area contributed by atoms with Crippen molar-refractivity contribution in [2.24, 2.45) is 0 Å². The van der Waals surface area contributed by atoms with Crippen LogP contribution in [-0.2, 0) is 12.8 Å². The molecule has 98 valence electrons. The topological polar surface area (TPSA) is 28.2 Å². The molecule has 0 saturated carbocycles. The Balaban J connectivity index is 2.02. The fraction of sp³-hybridized carbons (Fsp3) is 0.643. The Morgan fingerprint density at radius 2 is 2.44 bits per heavy atom. The second kappa shape index (κ2) is 6.21. The first-order valence-corrected chi connectivity index (χ1v) is 7.42. The Morgan fingerprint density at radius 1 is 1.61 bits per heavy atom. The number of anilines is 1. The number of rotatable bonds is 5. The van der Waals surface area contributed by atoms with Gasteiger partial charge >= 0.3 is 0 Å². The van der Waals surface area contributed by atoms with Crippen LogP contribution in [0.25, 0.3) is 0 Å². The van der Waals surface area contributed by atoms with Crippen molar-refractivity contribution in [1.29, 1.82) is 0 Å². The van der Waals surface area contributed by atoms with Crippen LogP contribution in [0.5, 0.6) is 0 Å². The molecule has 2 rings (SSSR count). The summed E-state index contributed by atoms with van der Waals surface area (Å²) in [7, 11) is 2.01. The first-order chi connectivity index (χ1) is 8.74. The maximum atomic E-state index is 5.34. The van der Waals surface area contributed by atoms with Crippen molar-refractivity contribution in [2.75, 3.05) is 25.0 Å². The van der Waals surface area contributed by atoms with Crippen molar-refractivity contribution in [1.82, 2.24) is 10.3 Å². The Labute approximate surface area is 114 Å². The molecule has 0 aliphatic heterocycles. The lowest BCUT2D eigenvalue weighted by Crippen LogP contribution is -2.34. The molecule has 0 fully saturated rings. The summed E-state index contributed by atoms with van der Waals surface area (Å²) in [4.78, 5) is 8.20. The van der Waals surface area contributed by atoms with Gasteiger partial charge in [0.2, 0.25) is 0 Å². The van der Waals surface area contributed by atoms with Crippen molar-refractivity contribution >= 4 is 16.5 Å². The van der Waals surface area contributed by atoms with Crippen LogP contribution in [0.15, 0.2) is 0 Å². The van der Waals surface area contributed by atoms with E-state index in [-0.39, 0.29) is 0 Å². The van der Waals surface area contributed by atoms with Crippen molar-refractivity contribution in [3.05, 3.63) is 10.6 Å². The van der Waals surface area contributed by atoms with Crippen LogP contribution in [0, 0.1) is 12.3 Å². The lowest BCUT2D eigenvalue weighted by Gasteiger charge is -2.21. The van der Waals surface area contributed by atoms with Gasteiger partial charge in [0.15, 0.2) is 5.13 Å². The monoisotopic (exact) mass is 263 g/mol. The van der Waals surface area contributed by atoms with Crippen LogP contribution in [0.1, 0.15) is 30.3 Å². The molecule has 0 spiro atoms.